The molecular weight excluding hydrogens is 947 g/mol. The normalized spacial score (nSPS) is 13.2. The lowest BCUT2D eigenvalue weighted by molar-refractivity contribution is -0.870. The van der Waals surface area contributed by atoms with Crippen molar-refractivity contribution in [1.29, 1.82) is 0 Å². The molecule has 0 radical (unpaired) electrons. The highest BCUT2D eigenvalue weighted by molar-refractivity contribution is 5.71. The van der Waals surface area contributed by atoms with E-state index in [1.807, 2.05) is 21.1 Å². The van der Waals surface area contributed by atoms with Gasteiger partial charge in [0, 0.05) is 12.8 Å². The van der Waals surface area contributed by atoms with Crippen molar-refractivity contribution in [2.45, 2.75) is 289 Å². The van der Waals surface area contributed by atoms with Crippen LogP contribution in [-0.2, 0) is 33.3 Å². The summed E-state index contributed by atoms with van der Waals surface area (Å²) >= 11 is 0. The van der Waals surface area contributed by atoms with Gasteiger partial charge < -0.3 is 28.5 Å². The van der Waals surface area contributed by atoms with E-state index in [2.05, 4.69) is 86.8 Å². The molecule has 0 amide bonds. The van der Waals surface area contributed by atoms with Crippen LogP contribution >= 0.6 is 0 Å². The Hall–Kier alpha value is -3.27. The molecule has 0 saturated carbocycles. The maximum Gasteiger partial charge on any atom is 0.361 e. The van der Waals surface area contributed by atoms with E-state index in [0.717, 1.165) is 83.5 Å². The van der Waals surface area contributed by atoms with E-state index >= 15 is 0 Å². The monoisotopic (exact) mass is 1070 g/mol. The van der Waals surface area contributed by atoms with Crippen molar-refractivity contribution in [3.8, 4) is 0 Å². The summed E-state index contributed by atoms with van der Waals surface area (Å²) in [5, 5.41) is 9.72. The van der Waals surface area contributed by atoms with Gasteiger partial charge in [0.2, 0.25) is 0 Å². The van der Waals surface area contributed by atoms with Crippen LogP contribution < -0.4 is 0 Å². The SMILES string of the molecule is CC/C=C\C/C=C\C/C=C\C/C=C\C/C=C\C/C=C\CCCCCCC(=O)OC(COC(=O)CCCCCCCCCCCCCCCCCCCCCCCCCCCCCC)COC(OCC[N+](C)(C)C)C(=O)O. The lowest BCUT2D eigenvalue weighted by Gasteiger charge is -2.25. The van der Waals surface area contributed by atoms with Gasteiger partial charge in [-0.05, 0) is 64.2 Å². The van der Waals surface area contributed by atoms with E-state index in [1.54, 1.807) is 0 Å². The summed E-state index contributed by atoms with van der Waals surface area (Å²) in [7, 11) is 5.96. The van der Waals surface area contributed by atoms with E-state index in [9.17, 15) is 19.5 Å². The zero-order valence-corrected chi connectivity index (χ0v) is 50.2. The number of likely N-dealkylation sites (N-methyl/N-ethyl adjacent to an activating group) is 1. The number of ether oxygens (including phenoxy) is 4. The molecule has 0 aromatic heterocycles. The average molecular weight is 1070 g/mol. The van der Waals surface area contributed by atoms with Gasteiger partial charge in [-0.3, -0.25) is 9.59 Å². The molecule has 0 bridgehead atoms. The number of carbonyl (C=O) groups is 3. The summed E-state index contributed by atoms with van der Waals surface area (Å²) in [5.74, 6) is -2.03. The number of carboxylic acid groups (broad SMARTS) is 1. The number of rotatable bonds is 58. The molecule has 9 nitrogen and oxygen atoms in total. The number of esters is 2. The highest BCUT2D eigenvalue weighted by atomic mass is 16.7. The molecule has 0 aliphatic carbocycles. The van der Waals surface area contributed by atoms with Gasteiger partial charge in [0.25, 0.3) is 6.29 Å². The van der Waals surface area contributed by atoms with Crippen LogP contribution in [0.3, 0.4) is 0 Å². The van der Waals surface area contributed by atoms with Gasteiger partial charge in [-0.15, -0.1) is 0 Å². The fraction of sp³-hybridized carbons (Fsp3) is 0.776. The number of carbonyl (C=O) groups excluding carboxylic acids is 2. The Labute approximate surface area is 468 Å². The molecule has 2 atom stereocenters. The average Bonchev–Trinajstić information content (AvgIpc) is 3.39. The largest absolute Gasteiger partial charge is 0.477 e. The van der Waals surface area contributed by atoms with Crippen LogP contribution in [0.2, 0.25) is 0 Å². The van der Waals surface area contributed by atoms with Gasteiger partial charge in [0.05, 0.1) is 34.4 Å². The van der Waals surface area contributed by atoms with E-state index in [0.29, 0.717) is 23.9 Å². The summed E-state index contributed by atoms with van der Waals surface area (Å²) < 4.78 is 22.9. The Balaban J connectivity index is 4.20. The Bertz CT molecular complexity index is 1470. The first-order chi connectivity index (χ1) is 37.1. The van der Waals surface area contributed by atoms with Crippen molar-refractivity contribution in [3.05, 3.63) is 72.9 Å². The number of hydrogen-bond acceptors (Lipinski definition) is 7. The summed E-state index contributed by atoms with van der Waals surface area (Å²) in [4.78, 5) is 37.5. The van der Waals surface area contributed by atoms with Crippen molar-refractivity contribution in [1.82, 2.24) is 0 Å². The van der Waals surface area contributed by atoms with Gasteiger partial charge in [-0.25, -0.2) is 4.79 Å². The molecule has 0 fully saturated rings. The molecule has 76 heavy (non-hydrogen) atoms. The van der Waals surface area contributed by atoms with Crippen molar-refractivity contribution in [2.24, 2.45) is 0 Å². The summed E-state index contributed by atoms with van der Waals surface area (Å²) in [6, 6.07) is 0. The summed E-state index contributed by atoms with van der Waals surface area (Å²) in [6.45, 7) is 4.76. The predicted octanol–water partition coefficient (Wildman–Crippen LogP) is 19.0. The third kappa shape index (κ3) is 58.4. The van der Waals surface area contributed by atoms with Crippen LogP contribution in [0.5, 0.6) is 0 Å². The van der Waals surface area contributed by atoms with E-state index < -0.39 is 24.3 Å². The van der Waals surface area contributed by atoms with Gasteiger partial charge in [-0.2, -0.15) is 0 Å². The highest BCUT2D eigenvalue weighted by Gasteiger charge is 2.25. The Morgan fingerprint density at radius 3 is 1.12 bits per heavy atom. The number of hydrogen-bond donors (Lipinski definition) is 1. The first-order valence-corrected chi connectivity index (χ1v) is 31.6. The number of aliphatic carboxylic acids is 1. The molecule has 0 aliphatic heterocycles. The Morgan fingerprint density at radius 1 is 0.408 bits per heavy atom. The van der Waals surface area contributed by atoms with E-state index in [4.69, 9.17) is 18.9 Å². The van der Waals surface area contributed by atoms with Crippen LogP contribution in [0.1, 0.15) is 277 Å². The van der Waals surface area contributed by atoms with Gasteiger partial charge in [-0.1, -0.05) is 273 Å². The molecular formula is C67H120NO8+. The minimum atomic E-state index is -1.52. The maximum absolute atomic E-state index is 12.9. The quantitative estimate of drug-likeness (QED) is 0.0211. The first-order valence-electron chi connectivity index (χ1n) is 31.6. The van der Waals surface area contributed by atoms with Gasteiger partial charge in [0.1, 0.15) is 13.2 Å². The molecule has 0 saturated heterocycles. The second-order valence-electron chi connectivity index (χ2n) is 22.3. The third-order valence-electron chi connectivity index (χ3n) is 13.7. The lowest BCUT2D eigenvalue weighted by atomic mass is 10.0. The second kappa shape index (κ2) is 57.9. The molecule has 0 aromatic carbocycles. The zero-order valence-electron chi connectivity index (χ0n) is 50.2. The van der Waals surface area contributed by atoms with Crippen LogP contribution in [0.15, 0.2) is 72.9 Å². The molecule has 440 valence electrons. The standard InChI is InChI=1S/C67H119NO8/c1-6-8-10-12-14-16-18-20-22-24-26-28-30-31-32-33-34-36-37-39-41-43-45-47-49-51-53-55-57-64(69)74-61-63(62-75-67(66(71)72)73-60-59-68(3,4)5)76-65(70)58-56-54-52-50-48-46-44-42-40-38-35-29-27-25-23-21-19-17-15-13-11-9-7-2/h9,11,15,17,21,23,27,29,38,40,44,46,63,67H,6-8,10,12-14,16,18-20,22,24-26,28,30-37,39,41-43,45,47-62H2,1-5H3/p+1/b11-9-,17-15-,23-21-,29-27-,40-38-,46-44-. The smallest absolute Gasteiger partial charge is 0.361 e. The summed E-state index contributed by atoms with van der Waals surface area (Å²) in [5.41, 5.74) is 0. The van der Waals surface area contributed by atoms with Crippen LogP contribution in [-0.4, -0.2) is 87.4 Å². The molecule has 0 heterocycles. The number of quaternary nitrogens is 1. The van der Waals surface area contributed by atoms with Gasteiger partial charge in [0.15, 0.2) is 6.10 Å². The molecule has 9 heteroatoms. The van der Waals surface area contributed by atoms with Crippen LogP contribution in [0, 0.1) is 0 Å². The van der Waals surface area contributed by atoms with E-state index in [-0.39, 0.29) is 32.2 Å². The fourth-order valence-corrected chi connectivity index (χ4v) is 8.90. The number of allylic oxidation sites excluding steroid dienone is 12. The van der Waals surface area contributed by atoms with Crippen molar-refractivity contribution >= 4 is 17.9 Å². The second-order valence-corrected chi connectivity index (χ2v) is 22.3. The molecule has 0 spiro atoms. The molecule has 2 unspecified atom stereocenters. The van der Waals surface area contributed by atoms with Gasteiger partial charge >= 0.3 is 17.9 Å². The van der Waals surface area contributed by atoms with Crippen molar-refractivity contribution in [3.63, 3.8) is 0 Å². The van der Waals surface area contributed by atoms with Crippen molar-refractivity contribution < 1.29 is 42.9 Å². The maximum atomic E-state index is 12.9. The van der Waals surface area contributed by atoms with E-state index in [1.165, 1.54) is 161 Å². The zero-order chi connectivity index (χ0) is 55.5. The number of carboxylic acids is 1. The first kappa shape index (κ1) is 72.7. The predicted molar refractivity (Wildman–Crippen MR) is 323 cm³/mol. The lowest BCUT2D eigenvalue weighted by Crippen LogP contribution is -2.40. The molecule has 0 rings (SSSR count). The molecule has 0 aliphatic rings. The minimum absolute atomic E-state index is 0.180. The third-order valence-corrected chi connectivity index (χ3v) is 13.7. The number of unbranched alkanes of at least 4 members (excludes halogenated alkanes) is 31. The van der Waals surface area contributed by atoms with Crippen LogP contribution in [0.25, 0.3) is 0 Å². The number of nitrogens with zero attached hydrogens (tertiary/aromatic N) is 1. The Kier molecular flexibility index (Phi) is 55.4. The highest BCUT2D eigenvalue weighted by Crippen LogP contribution is 2.17. The van der Waals surface area contributed by atoms with Crippen molar-refractivity contribution in [2.75, 3.05) is 47.5 Å². The fourth-order valence-electron chi connectivity index (χ4n) is 8.90. The van der Waals surface area contributed by atoms with Crippen LogP contribution in [0.4, 0.5) is 0 Å². The minimum Gasteiger partial charge on any atom is -0.477 e. The summed E-state index contributed by atoms with van der Waals surface area (Å²) in [6.07, 6.45) is 72.9. The molecule has 1 N–H and O–H groups in total. The topological polar surface area (TPSA) is 108 Å². The Morgan fingerprint density at radius 2 is 0.750 bits per heavy atom. The molecule has 0 aromatic rings.